The molecule has 0 spiro atoms. The number of hydrogen-bond acceptors (Lipinski definition) is 4. The monoisotopic (exact) mass is 510 g/mol. The van der Waals surface area contributed by atoms with Crippen LogP contribution in [0.25, 0.3) is 5.69 Å². The lowest BCUT2D eigenvalue weighted by molar-refractivity contribution is 0.0732. The van der Waals surface area contributed by atoms with Gasteiger partial charge in [-0.15, -0.1) is 0 Å². The van der Waals surface area contributed by atoms with Crippen molar-refractivity contribution in [3.05, 3.63) is 102 Å². The Kier molecular flexibility index (Phi) is 6.29. The third-order valence-electron chi connectivity index (χ3n) is 7.02. The van der Waals surface area contributed by atoms with E-state index >= 15 is 0 Å². The third kappa shape index (κ3) is 4.04. The van der Waals surface area contributed by atoms with Crippen molar-refractivity contribution in [2.24, 2.45) is 9.74 Å². The van der Waals surface area contributed by atoms with Crippen molar-refractivity contribution in [2.75, 3.05) is 33.4 Å². The lowest BCUT2D eigenvalue weighted by atomic mass is 10.2. The third-order valence-corrected chi connectivity index (χ3v) is 10.9. The normalized spacial score (nSPS) is 19.9. The summed E-state index contributed by atoms with van der Waals surface area (Å²) in [7, 11) is -0.405. The molecule has 0 saturated carbocycles. The van der Waals surface area contributed by atoms with Gasteiger partial charge in [-0.1, -0.05) is 66.7 Å². The molecule has 3 heterocycles. The highest BCUT2D eigenvalue weighted by Crippen LogP contribution is 2.62. The van der Waals surface area contributed by atoms with Gasteiger partial charge in [-0.25, -0.2) is 19.1 Å². The van der Waals surface area contributed by atoms with Gasteiger partial charge in [0.15, 0.2) is 13.2 Å². The second-order valence-electron chi connectivity index (χ2n) is 9.35. The van der Waals surface area contributed by atoms with Crippen LogP contribution in [0.15, 0.2) is 94.7 Å². The zero-order valence-corrected chi connectivity index (χ0v) is 22.3. The van der Waals surface area contributed by atoms with E-state index in [2.05, 4.69) is 90.9 Å². The van der Waals surface area contributed by atoms with Crippen LogP contribution in [-0.2, 0) is 4.74 Å². The fourth-order valence-corrected chi connectivity index (χ4v) is 9.06. The van der Waals surface area contributed by atoms with Crippen LogP contribution >= 0.6 is 7.36 Å². The van der Waals surface area contributed by atoms with Crippen LogP contribution in [0.1, 0.15) is 16.8 Å². The molecule has 0 bridgehead atoms. The van der Waals surface area contributed by atoms with Crippen LogP contribution in [0, 0.1) is 13.8 Å². The predicted molar refractivity (Wildman–Crippen MR) is 151 cm³/mol. The molecule has 2 aliphatic heterocycles. The highest BCUT2D eigenvalue weighted by atomic mass is 31.2. The van der Waals surface area contributed by atoms with Crippen molar-refractivity contribution in [3.8, 4) is 5.69 Å². The van der Waals surface area contributed by atoms with Gasteiger partial charge in [0.1, 0.15) is 5.84 Å². The largest absolute Gasteiger partial charge is 0.379 e. The van der Waals surface area contributed by atoms with Gasteiger partial charge in [-0.2, -0.15) is 5.10 Å². The van der Waals surface area contributed by atoms with E-state index in [1.807, 2.05) is 28.9 Å². The lowest BCUT2D eigenvalue weighted by Gasteiger charge is -2.46. The van der Waals surface area contributed by atoms with Crippen LogP contribution in [0.5, 0.6) is 0 Å². The van der Waals surface area contributed by atoms with E-state index < -0.39 is 7.36 Å². The number of amidine groups is 1. The molecule has 4 aromatic rings. The van der Waals surface area contributed by atoms with Crippen LogP contribution in [0.2, 0.25) is 0 Å². The van der Waals surface area contributed by atoms with Crippen LogP contribution in [0.3, 0.4) is 0 Å². The first kappa shape index (κ1) is 23.9. The summed E-state index contributed by atoms with van der Waals surface area (Å²) in [6.07, 6.45) is 0. The van der Waals surface area contributed by atoms with Crippen molar-refractivity contribution < 1.29 is 4.74 Å². The number of rotatable bonds is 4. The number of hydrogen-bond donors (Lipinski definition) is 0. The molecule has 7 nitrogen and oxygen atoms in total. The average molecular weight is 511 g/mol. The van der Waals surface area contributed by atoms with Gasteiger partial charge in [0.05, 0.1) is 35.6 Å². The van der Waals surface area contributed by atoms with Gasteiger partial charge in [0, 0.05) is 25.7 Å². The van der Waals surface area contributed by atoms with Gasteiger partial charge in [-0.3, -0.25) is 0 Å². The minimum Gasteiger partial charge on any atom is -0.379 e. The quantitative estimate of drug-likeness (QED) is 0.324. The molecule has 0 amide bonds. The molecular formula is C29H31N6OP. The first-order valence-electron chi connectivity index (χ1n) is 12.6. The smallest absolute Gasteiger partial charge is 0.170 e. The molecule has 1 saturated heterocycles. The molecule has 0 unspecified atom stereocenters. The van der Waals surface area contributed by atoms with Gasteiger partial charge >= 0.3 is 0 Å². The fraction of sp³-hybridized carbons (Fsp3) is 0.241. The van der Waals surface area contributed by atoms with Crippen molar-refractivity contribution in [2.45, 2.75) is 13.8 Å². The summed E-state index contributed by atoms with van der Waals surface area (Å²) < 4.78 is 18.4. The van der Waals surface area contributed by atoms with E-state index in [0.29, 0.717) is 13.2 Å². The lowest BCUT2D eigenvalue weighted by Crippen LogP contribution is -2.45. The molecule has 6 rings (SSSR count). The molecule has 37 heavy (non-hydrogen) atoms. The van der Waals surface area contributed by atoms with Gasteiger partial charge in [0.2, 0.25) is 0 Å². The Balaban J connectivity index is 1.72. The van der Waals surface area contributed by atoms with Crippen molar-refractivity contribution >= 4 is 30.0 Å². The summed E-state index contributed by atoms with van der Waals surface area (Å²) in [4.78, 5) is 5.30. The van der Waals surface area contributed by atoms with Crippen LogP contribution in [0.4, 0.5) is 11.5 Å². The number of para-hydroxylation sites is 1. The van der Waals surface area contributed by atoms with E-state index in [9.17, 15) is 0 Å². The predicted octanol–water partition coefficient (Wildman–Crippen LogP) is 5.83. The van der Waals surface area contributed by atoms with Gasteiger partial charge < -0.3 is 9.41 Å². The van der Waals surface area contributed by atoms with E-state index in [-0.39, 0.29) is 0 Å². The number of fused-ring (bicyclic) bond motifs is 1. The number of aromatic nitrogens is 2. The van der Waals surface area contributed by atoms with E-state index in [4.69, 9.17) is 19.6 Å². The Morgan fingerprint density at radius 1 is 0.838 bits per heavy atom. The Labute approximate surface area is 218 Å². The molecule has 1 fully saturated rings. The van der Waals surface area contributed by atoms with Crippen LogP contribution in [-0.4, -0.2) is 58.3 Å². The summed E-state index contributed by atoms with van der Waals surface area (Å²) in [5.74, 6) is 1.76. The number of ether oxygens (including phenoxy) is 1. The van der Waals surface area contributed by atoms with Gasteiger partial charge in [0.25, 0.3) is 0 Å². The van der Waals surface area contributed by atoms with E-state index in [0.717, 1.165) is 58.2 Å². The maximum absolute atomic E-state index is 5.81. The topological polar surface area (TPSA) is 58.2 Å². The zero-order chi connectivity index (χ0) is 25.4. The maximum Gasteiger partial charge on any atom is 0.170 e. The standard InChI is InChI=1S/C29H31N6OP/c1-22-12-10-11-17-26(22)32-37(34-18-20-36-21-19-34)27-23(2)31-35(25-15-8-5-9-16-25)29(27)30-28(33(37)3)24-13-6-4-7-14-24/h4-17H,18-21H2,1-3H3/t37-/m0/s1. The summed E-state index contributed by atoms with van der Waals surface area (Å²) in [6, 6.07) is 29.1. The number of morpholine rings is 1. The van der Waals surface area contributed by atoms with E-state index in [1.165, 1.54) is 0 Å². The second-order valence-corrected chi connectivity index (χ2v) is 12.3. The molecule has 3 aromatic carbocycles. The Hall–Kier alpha value is -3.51. The van der Waals surface area contributed by atoms with Crippen molar-refractivity contribution in [1.82, 2.24) is 19.1 Å². The Bertz CT molecular complexity index is 1510. The number of aliphatic imine (C=N–C) groups is 1. The molecule has 0 radical (unpaired) electrons. The van der Waals surface area contributed by atoms with Gasteiger partial charge in [-0.05, 0) is 37.6 Å². The number of benzene rings is 3. The zero-order valence-electron chi connectivity index (χ0n) is 21.5. The number of nitrogens with zero attached hydrogens (tertiary/aromatic N) is 6. The molecule has 1 atom stereocenters. The molecule has 0 aliphatic carbocycles. The Morgan fingerprint density at radius 3 is 2.19 bits per heavy atom. The second kappa shape index (κ2) is 9.75. The number of aryl methyl sites for hydroxylation is 2. The first-order chi connectivity index (χ1) is 18.1. The minimum atomic E-state index is -2.56. The van der Waals surface area contributed by atoms with E-state index in [1.54, 1.807) is 0 Å². The molecule has 8 heteroatoms. The Morgan fingerprint density at radius 2 is 1.49 bits per heavy atom. The molecule has 2 aliphatic rings. The first-order valence-corrected chi connectivity index (χ1v) is 14.3. The van der Waals surface area contributed by atoms with Crippen molar-refractivity contribution in [1.29, 1.82) is 0 Å². The molecule has 188 valence electrons. The van der Waals surface area contributed by atoms with Crippen LogP contribution < -0.4 is 5.30 Å². The summed E-state index contributed by atoms with van der Waals surface area (Å²) in [5.41, 5.74) is 5.16. The highest BCUT2D eigenvalue weighted by Gasteiger charge is 2.45. The molecular weight excluding hydrogens is 479 g/mol. The minimum absolute atomic E-state index is 0.678. The molecule has 1 aromatic heterocycles. The summed E-state index contributed by atoms with van der Waals surface area (Å²) in [6.45, 7) is 7.18. The SMILES string of the molecule is Cc1ccccc1N=[P@@]1(N2CCOCC2)c2c(C)nn(-c3ccccc3)c2N=C(c2ccccc2)N1C. The fourth-order valence-electron chi connectivity index (χ4n) is 5.17. The average Bonchev–Trinajstić information content (AvgIpc) is 3.29. The van der Waals surface area contributed by atoms with Crippen molar-refractivity contribution in [3.63, 3.8) is 0 Å². The summed E-state index contributed by atoms with van der Waals surface area (Å²) >= 11 is 0. The highest BCUT2D eigenvalue weighted by molar-refractivity contribution is 7.70. The molecule has 0 N–H and O–H groups in total. The maximum atomic E-state index is 5.81. The summed E-state index contributed by atoms with van der Waals surface area (Å²) in [5, 5.41) is 6.19.